The molecular weight excluding hydrogens is 510 g/mol. The Morgan fingerprint density at radius 2 is 1.51 bits per heavy atom. The zero-order valence-electron chi connectivity index (χ0n) is 23.5. The van der Waals surface area contributed by atoms with E-state index in [0.717, 1.165) is 33.0 Å². The van der Waals surface area contributed by atoms with Gasteiger partial charge in [-0.05, 0) is 74.6 Å². The number of rotatable bonds is 12. The van der Waals surface area contributed by atoms with Crippen molar-refractivity contribution in [3.63, 3.8) is 0 Å². The smallest absolute Gasteiger partial charge is 0.264 e. The number of nitrogens with zero attached hydrogens (tertiary/aromatic N) is 2. The van der Waals surface area contributed by atoms with Gasteiger partial charge in [0, 0.05) is 13.1 Å². The van der Waals surface area contributed by atoms with Crippen LogP contribution >= 0.6 is 0 Å². The molecule has 0 aliphatic carbocycles. The lowest BCUT2D eigenvalue weighted by atomic mass is 10.1. The zero-order chi connectivity index (χ0) is 28.6. The summed E-state index contributed by atoms with van der Waals surface area (Å²) in [7, 11) is -4.08. The molecule has 0 aliphatic rings. The minimum absolute atomic E-state index is 0.0925. The average Bonchev–Trinajstić information content (AvgIpc) is 2.90. The van der Waals surface area contributed by atoms with Gasteiger partial charge in [0.25, 0.3) is 10.0 Å². The van der Waals surface area contributed by atoms with Crippen molar-refractivity contribution >= 4 is 27.5 Å². The summed E-state index contributed by atoms with van der Waals surface area (Å²) in [4.78, 5) is 28.8. The van der Waals surface area contributed by atoms with Crippen molar-refractivity contribution in [2.24, 2.45) is 0 Å². The molecule has 1 N–H and O–H groups in total. The van der Waals surface area contributed by atoms with Gasteiger partial charge in [0.05, 0.1) is 10.6 Å². The molecule has 0 aliphatic heterocycles. The topological polar surface area (TPSA) is 86.8 Å². The zero-order valence-corrected chi connectivity index (χ0v) is 24.3. The van der Waals surface area contributed by atoms with Crippen LogP contribution in [-0.4, -0.2) is 44.3 Å². The van der Waals surface area contributed by atoms with Crippen molar-refractivity contribution in [1.29, 1.82) is 0 Å². The van der Waals surface area contributed by atoms with Crippen molar-refractivity contribution in [1.82, 2.24) is 10.2 Å². The Morgan fingerprint density at radius 3 is 2.10 bits per heavy atom. The molecule has 0 aromatic heterocycles. The Hall–Kier alpha value is -3.65. The summed E-state index contributed by atoms with van der Waals surface area (Å²) in [5, 5.41) is 2.91. The molecule has 0 bridgehead atoms. The molecule has 0 saturated carbocycles. The predicted octanol–water partition coefficient (Wildman–Crippen LogP) is 5.14. The highest BCUT2D eigenvalue weighted by Gasteiger charge is 2.33. The molecule has 0 saturated heterocycles. The highest BCUT2D eigenvalue weighted by atomic mass is 32.2. The van der Waals surface area contributed by atoms with Gasteiger partial charge in [-0.15, -0.1) is 0 Å². The van der Waals surface area contributed by atoms with Gasteiger partial charge in [-0.25, -0.2) is 8.42 Å². The lowest BCUT2D eigenvalue weighted by Crippen LogP contribution is -2.52. The lowest BCUT2D eigenvalue weighted by molar-refractivity contribution is -0.140. The number of aryl methyl sites for hydroxylation is 3. The van der Waals surface area contributed by atoms with Crippen LogP contribution in [0.25, 0.3) is 0 Å². The molecule has 0 spiro atoms. The predicted molar refractivity (Wildman–Crippen MR) is 156 cm³/mol. The van der Waals surface area contributed by atoms with Gasteiger partial charge in [0.15, 0.2) is 0 Å². The van der Waals surface area contributed by atoms with Gasteiger partial charge in [0.1, 0.15) is 12.6 Å². The van der Waals surface area contributed by atoms with Crippen LogP contribution in [0.3, 0.4) is 0 Å². The maximum absolute atomic E-state index is 14.1. The molecule has 7 nitrogen and oxygen atoms in total. The second-order valence-corrected chi connectivity index (χ2v) is 11.8. The van der Waals surface area contributed by atoms with E-state index in [1.165, 1.54) is 17.0 Å². The standard InChI is InChI=1S/C31H39N3O4S/c1-6-16-32-31(36)29(7-2)33(21-26-13-11-12-23(3)18-26)30(35)22-34(27-19-24(4)17-25(5)20-27)39(37,38)28-14-9-8-10-15-28/h8-15,17-20,29H,6-7,16,21-22H2,1-5H3,(H,32,36)/t29-/m0/s1. The van der Waals surface area contributed by atoms with Crippen molar-refractivity contribution < 1.29 is 18.0 Å². The maximum atomic E-state index is 14.1. The van der Waals surface area contributed by atoms with E-state index in [0.29, 0.717) is 18.7 Å². The molecule has 0 fully saturated rings. The number of nitrogens with one attached hydrogen (secondary N) is 1. The number of sulfonamides is 1. The molecule has 3 aromatic rings. The summed E-state index contributed by atoms with van der Waals surface area (Å²) in [6, 6.07) is 20.6. The minimum atomic E-state index is -4.08. The van der Waals surface area contributed by atoms with Gasteiger partial charge >= 0.3 is 0 Å². The fourth-order valence-corrected chi connectivity index (χ4v) is 6.05. The molecule has 0 radical (unpaired) electrons. The Morgan fingerprint density at radius 1 is 0.846 bits per heavy atom. The molecule has 39 heavy (non-hydrogen) atoms. The second kappa shape index (κ2) is 13.4. The third kappa shape index (κ3) is 7.69. The summed E-state index contributed by atoms with van der Waals surface area (Å²) in [6.07, 6.45) is 1.16. The highest BCUT2D eigenvalue weighted by molar-refractivity contribution is 7.92. The molecule has 3 aromatic carbocycles. The summed E-state index contributed by atoms with van der Waals surface area (Å²) in [6.45, 7) is 9.81. The Kier molecular flexibility index (Phi) is 10.3. The van der Waals surface area contributed by atoms with E-state index in [2.05, 4.69) is 5.32 Å². The van der Waals surface area contributed by atoms with Crippen LogP contribution in [0.1, 0.15) is 48.9 Å². The number of carbonyl (C=O) groups is 2. The largest absolute Gasteiger partial charge is 0.354 e. The SMILES string of the molecule is CCCNC(=O)[C@H](CC)N(Cc1cccc(C)c1)C(=O)CN(c1cc(C)cc(C)c1)S(=O)(=O)c1ccccc1. The third-order valence-corrected chi connectivity index (χ3v) is 8.26. The normalized spacial score (nSPS) is 12.0. The first-order chi connectivity index (χ1) is 18.6. The molecule has 0 heterocycles. The van der Waals surface area contributed by atoms with Gasteiger partial charge in [-0.3, -0.25) is 13.9 Å². The molecule has 0 unspecified atom stereocenters. The van der Waals surface area contributed by atoms with E-state index >= 15 is 0 Å². The molecule has 2 amide bonds. The van der Waals surface area contributed by atoms with Crippen molar-refractivity contribution in [2.45, 2.75) is 64.9 Å². The minimum Gasteiger partial charge on any atom is -0.354 e. The summed E-state index contributed by atoms with van der Waals surface area (Å²) in [5.41, 5.74) is 4.07. The number of benzene rings is 3. The molecule has 208 valence electrons. The number of carbonyl (C=O) groups excluding carboxylic acids is 2. The van der Waals surface area contributed by atoms with Crippen LogP contribution in [0.2, 0.25) is 0 Å². The number of amides is 2. The average molecular weight is 550 g/mol. The summed E-state index contributed by atoms with van der Waals surface area (Å²) < 4.78 is 29.0. The third-order valence-electron chi connectivity index (χ3n) is 6.48. The number of hydrogen-bond donors (Lipinski definition) is 1. The van der Waals surface area contributed by atoms with Gasteiger partial charge < -0.3 is 10.2 Å². The Bertz CT molecular complexity index is 1370. The molecule has 8 heteroatoms. The Balaban J connectivity index is 2.07. The van der Waals surface area contributed by atoms with E-state index in [9.17, 15) is 18.0 Å². The number of hydrogen-bond acceptors (Lipinski definition) is 4. The van der Waals surface area contributed by atoms with Crippen molar-refractivity contribution in [3.8, 4) is 0 Å². The second-order valence-electron chi connectivity index (χ2n) is 9.90. The van der Waals surface area contributed by atoms with Gasteiger partial charge in [-0.2, -0.15) is 0 Å². The molecule has 3 rings (SSSR count). The van der Waals surface area contributed by atoms with Gasteiger partial charge in [-0.1, -0.05) is 67.9 Å². The van der Waals surface area contributed by atoms with E-state index < -0.39 is 28.5 Å². The first-order valence-corrected chi connectivity index (χ1v) is 14.8. The first-order valence-electron chi connectivity index (χ1n) is 13.4. The highest BCUT2D eigenvalue weighted by Crippen LogP contribution is 2.27. The van der Waals surface area contributed by atoms with Crippen LogP contribution in [0.15, 0.2) is 77.7 Å². The quantitative estimate of drug-likeness (QED) is 0.339. The van der Waals surface area contributed by atoms with Crippen LogP contribution in [0.4, 0.5) is 5.69 Å². The fourth-order valence-electron chi connectivity index (χ4n) is 4.64. The van der Waals surface area contributed by atoms with Crippen molar-refractivity contribution in [2.75, 3.05) is 17.4 Å². The maximum Gasteiger partial charge on any atom is 0.264 e. The molecule has 1 atom stereocenters. The summed E-state index contributed by atoms with van der Waals surface area (Å²) in [5.74, 6) is -0.696. The fraction of sp³-hybridized carbons (Fsp3) is 0.355. The monoisotopic (exact) mass is 549 g/mol. The summed E-state index contributed by atoms with van der Waals surface area (Å²) >= 11 is 0. The Labute approximate surface area is 232 Å². The van der Waals surface area contributed by atoms with E-state index in [1.807, 2.05) is 65.0 Å². The van der Waals surface area contributed by atoms with Crippen LogP contribution in [0.5, 0.6) is 0 Å². The van der Waals surface area contributed by atoms with E-state index in [1.54, 1.807) is 30.3 Å². The first kappa shape index (κ1) is 29.9. The lowest BCUT2D eigenvalue weighted by Gasteiger charge is -2.33. The van der Waals surface area contributed by atoms with Crippen LogP contribution in [0, 0.1) is 20.8 Å². The van der Waals surface area contributed by atoms with Crippen molar-refractivity contribution in [3.05, 3.63) is 95.1 Å². The van der Waals surface area contributed by atoms with Crippen LogP contribution < -0.4 is 9.62 Å². The van der Waals surface area contributed by atoms with E-state index in [-0.39, 0.29) is 17.3 Å². The van der Waals surface area contributed by atoms with E-state index in [4.69, 9.17) is 0 Å². The van der Waals surface area contributed by atoms with Crippen LogP contribution in [-0.2, 0) is 26.2 Å². The molecular formula is C31H39N3O4S. The number of anilines is 1. The van der Waals surface area contributed by atoms with Gasteiger partial charge in [0.2, 0.25) is 11.8 Å².